The van der Waals surface area contributed by atoms with Gasteiger partial charge in [-0.15, -0.1) is 0 Å². The molecule has 2 aromatic rings. The number of hydrogen-bond donors (Lipinski definition) is 2. The molecule has 0 aliphatic carbocycles. The fourth-order valence-corrected chi connectivity index (χ4v) is 2.99. The van der Waals surface area contributed by atoms with Crippen molar-refractivity contribution >= 4 is 16.7 Å². The Morgan fingerprint density at radius 2 is 2.05 bits per heavy atom. The van der Waals surface area contributed by atoms with Crippen molar-refractivity contribution in [2.45, 2.75) is 19.3 Å². The number of hydrogen-bond acceptors (Lipinski definition) is 2. The van der Waals surface area contributed by atoms with Crippen molar-refractivity contribution in [1.82, 2.24) is 10.6 Å². The Hall–Kier alpha value is -1.87. The Morgan fingerprint density at radius 3 is 2.86 bits per heavy atom. The van der Waals surface area contributed by atoms with Gasteiger partial charge in [0.25, 0.3) is 5.91 Å². The van der Waals surface area contributed by atoms with Crippen LogP contribution in [-0.2, 0) is 0 Å². The minimum absolute atomic E-state index is 0.0320. The number of carbonyl (C=O) groups excluding carboxylic acids is 1. The van der Waals surface area contributed by atoms with E-state index in [-0.39, 0.29) is 5.91 Å². The lowest BCUT2D eigenvalue weighted by Gasteiger charge is -2.22. The maximum atomic E-state index is 12.2. The van der Waals surface area contributed by atoms with E-state index in [9.17, 15) is 4.79 Å². The molecule has 1 unspecified atom stereocenters. The van der Waals surface area contributed by atoms with Gasteiger partial charge in [-0.25, -0.2) is 0 Å². The summed E-state index contributed by atoms with van der Waals surface area (Å²) in [5, 5.41) is 8.74. The smallest absolute Gasteiger partial charge is 0.251 e. The van der Waals surface area contributed by atoms with E-state index in [1.54, 1.807) is 0 Å². The second-order valence-corrected chi connectivity index (χ2v) is 5.82. The number of carbonyl (C=O) groups is 1. The van der Waals surface area contributed by atoms with Gasteiger partial charge in [0, 0.05) is 12.1 Å². The zero-order valence-electron chi connectivity index (χ0n) is 12.3. The zero-order chi connectivity index (χ0) is 14.5. The monoisotopic (exact) mass is 282 g/mol. The molecule has 1 saturated heterocycles. The van der Waals surface area contributed by atoms with Crippen molar-refractivity contribution in [1.29, 1.82) is 0 Å². The Bertz CT molecular complexity index is 617. The summed E-state index contributed by atoms with van der Waals surface area (Å²) in [4.78, 5) is 12.2. The topological polar surface area (TPSA) is 41.1 Å². The van der Waals surface area contributed by atoms with Crippen LogP contribution < -0.4 is 10.6 Å². The zero-order valence-corrected chi connectivity index (χ0v) is 12.3. The van der Waals surface area contributed by atoms with Crippen LogP contribution in [0.2, 0.25) is 0 Å². The van der Waals surface area contributed by atoms with Gasteiger partial charge in [-0.2, -0.15) is 0 Å². The first-order chi connectivity index (χ1) is 10.3. The average molecular weight is 282 g/mol. The summed E-state index contributed by atoms with van der Waals surface area (Å²) in [6.45, 7) is 2.99. The number of nitrogens with one attached hydrogen (secondary N) is 2. The van der Waals surface area contributed by atoms with Crippen LogP contribution in [0.5, 0.6) is 0 Å². The molecular formula is C18H22N2O. The Morgan fingerprint density at radius 1 is 1.19 bits per heavy atom. The summed E-state index contributed by atoms with van der Waals surface area (Å²) in [6.07, 6.45) is 3.59. The fourth-order valence-electron chi connectivity index (χ4n) is 2.99. The van der Waals surface area contributed by atoms with Gasteiger partial charge in [0.05, 0.1) is 0 Å². The van der Waals surface area contributed by atoms with Gasteiger partial charge >= 0.3 is 0 Å². The van der Waals surface area contributed by atoms with E-state index >= 15 is 0 Å². The van der Waals surface area contributed by atoms with E-state index in [1.807, 2.05) is 36.4 Å². The molecule has 1 aliphatic rings. The van der Waals surface area contributed by atoms with Crippen LogP contribution >= 0.6 is 0 Å². The molecule has 1 fully saturated rings. The first kappa shape index (κ1) is 14.1. The quantitative estimate of drug-likeness (QED) is 0.905. The summed E-state index contributed by atoms with van der Waals surface area (Å²) in [7, 11) is 0. The van der Waals surface area contributed by atoms with Crippen molar-refractivity contribution in [2.24, 2.45) is 5.92 Å². The third kappa shape index (κ3) is 3.61. The number of piperidine rings is 1. The minimum atomic E-state index is 0.0320. The van der Waals surface area contributed by atoms with Gasteiger partial charge in [-0.05, 0) is 61.2 Å². The summed E-state index contributed by atoms with van der Waals surface area (Å²) >= 11 is 0. The minimum Gasteiger partial charge on any atom is -0.352 e. The second-order valence-electron chi connectivity index (χ2n) is 5.82. The number of amides is 1. The summed E-state index contributed by atoms with van der Waals surface area (Å²) in [5.41, 5.74) is 0.746. The van der Waals surface area contributed by atoms with Gasteiger partial charge in [0.2, 0.25) is 0 Å². The summed E-state index contributed by atoms with van der Waals surface area (Å²) < 4.78 is 0. The highest BCUT2D eigenvalue weighted by molar-refractivity contribution is 5.98. The van der Waals surface area contributed by atoms with Gasteiger partial charge < -0.3 is 10.6 Å². The third-order valence-electron chi connectivity index (χ3n) is 4.25. The molecule has 1 heterocycles. The number of benzene rings is 2. The Balaban J connectivity index is 1.56. The normalized spacial score (nSPS) is 18.6. The van der Waals surface area contributed by atoms with Crippen LogP contribution in [0.1, 0.15) is 29.6 Å². The summed E-state index contributed by atoms with van der Waals surface area (Å²) in [6, 6.07) is 14.0. The van der Waals surface area contributed by atoms with E-state index in [4.69, 9.17) is 0 Å². The lowest BCUT2D eigenvalue weighted by Crippen LogP contribution is -2.33. The Labute approximate surface area is 125 Å². The molecule has 0 aromatic heterocycles. The molecule has 21 heavy (non-hydrogen) atoms. The van der Waals surface area contributed by atoms with E-state index in [0.29, 0.717) is 5.92 Å². The molecule has 3 rings (SSSR count). The van der Waals surface area contributed by atoms with Gasteiger partial charge in [0.1, 0.15) is 0 Å². The second kappa shape index (κ2) is 6.72. The molecule has 1 atom stereocenters. The molecule has 110 valence electrons. The van der Waals surface area contributed by atoms with E-state index in [1.165, 1.54) is 18.2 Å². The molecular weight excluding hydrogens is 260 g/mol. The largest absolute Gasteiger partial charge is 0.352 e. The van der Waals surface area contributed by atoms with Crippen LogP contribution in [0.4, 0.5) is 0 Å². The molecule has 3 heteroatoms. The van der Waals surface area contributed by atoms with Crippen molar-refractivity contribution in [2.75, 3.05) is 19.6 Å². The van der Waals surface area contributed by atoms with Gasteiger partial charge in [-0.1, -0.05) is 30.3 Å². The van der Waals surface area contributed by atoms with Gasteiger partial charge in [0.15, 0.2) is 0 Å². The molecule has 1 amide bonds. The van der Waals surface area contributed by atoms with Crippen LogP contribution in [0.25, 0.3) is 10.8 Å². The average Bonchev–Trinajstić information content (AvgIpc) is 2.55. The molecule has 0 bridgehead atoms. The van der Waals surface area contributed by atoms with Crippen molar-refractivity contribution < 1.29 is 4.79 Å². The summed E-state index contributed by atoms with van der Waals surface area (Å²) in [5.74, 6) is 0.736. The number of rotatable bonds is 4. The van der Waals surface area contributed by atoms with Crippen LogP contribution in [0, 0.1) is 5.92 Å². The molecule has 0 radical (unpaired) electrons. The molecule has 3 nitrogen and oxygen atoms in total. The maximum absolute atomic E-state index is 12.2. The van der Waals surface area contributed by atoms with E-state index in [2.05, 4.69) is 16.7 Å². The first-order valence-corrected chi connectivity index (χ1v) is 7.80. The third-order valence-corrected chi connectivity index (χ3v) is 4.25. The van der Waals surface area contributed by atoms with E-state index < -0.39 is 0 Å². The SMILES string of the molecule is O=C(NCCC1CCCNC1)c1ccc2ccccc2c1. The maximum Gasteiger partial charge on any atom is 0.251 e. The van der Waals surface area contributed by atoms with Crippen molar-refractivity contribution in [3.05, 3.63) is 48.0 Å². The number of fused-ring (bicyclic) bond motifs is 1. The lowest BCUT2D eigenvalue weighted by molar-refractivity contribution is 0.0951. The van der Waals surface area contributed by atoms with Crippen LogP contribution in [-0.4, -0.2) is 25.5 Å². The molecule has 0 saturated carbocycles. The Kier molecular flexibility index (Phi) is 4.51. The van der Waals surface area contributed by atoms with Crippen LogP contribution in [0.3, 0.4) is 0 Å². The fraction of sp³-hybridized carbons (Fsp3) is 0.389. The first-order valence-electron chi connectivity index (χ1n) is 7.80. The van der Waals surface area contributed by atoms with Gasteiger partial charge in [-0.3, -0.25) is 4.79 Å². The lowest BCUT2D eigenvalue weighted by atomic mass is 9.96. The highest BCUT2D eigenvalue weighted by Crippen LogP contribution is 2.16. The molecule has 2 N–H and O–H groups in total. The standard InChI is InChI=1S/C18H22N2O/c21-18(20-11-9-14-4-3-10-19-13-14)17-8-7-15-5-1-2-6-16(15)12-17/h1-2,5-8,12,14,19H,3-4,9-11,13H2,(H,20,21). The molecule has 2 aromatic carbocycles. The molecule has 0 spiro atoms. The van der Waals surface area contributed by atoms with Crippen molar-refractivity contribution in [3.8, 4) is 0 Å². The highest BCUT2D eigenvalue weighted by Gasteiger charge is 2.13. The molecule has 1 aliphatic heterocycles. The van der Waals surface area contributed by atoms with Crippen molar-refractivity contribution in [3.63, 3.8) is 0 Å². The van der Waals surface area contributed by atoms with Crippen LogP contribution in [0.15, 0.2) is 42.5 Å². The van der Waals surface area contributed by atoms with E-state index in [0.717, 1.165) is 37.0 Å². The predicted octanol–water partition coefficient (Wildman–Crippen LogP) is 2.96. The highest BCUT2D eigenvalue weighted by atomic mass is 16.1. The predicted molar refractivity (Wildman–Crippen MR) is 86.5 cm³/mol.